The van der Waals surface area contributed by atoms with E-state index in [1.165, 1.54) is 21.6 Å². The monoisotopic (exact) mass is 572 g/mol. The molecule has 5 heteroatoms. The molecule has 3 amide bonds. The molecular formula is C38H40N2O3. The number of imide groups is 1. The number of nitrogens with zero attached hydrogens (tertiary/aromatic N) is 2. The van der Waals surface area contributed by atoms with Gasteiger partial charge < -0.3 is 4.74 Å². The fraction of sp³-hybridized carbons (Fsp3) is 0.263. The summed E-state index contributed by atoms with van der Waals surface area (Å²) >= 11 is 0. The van der Waals surface area contributed by atoms with E-state index in [1.807, 2.05) is 72.8 Å². The number of aryl methyl sites for hydroxylation is 3. The maximum atomic E-state index is 13.6. The highest BCUT2D eigenvalue weighted by atomic mass is 16.5. The average molecular weight is 573 g/mol. The van der Waals surface area contributed by atoms with E-state index in [1.54, 1.807) is 4.90 Å². The molecule has 0 aromatic heterocycles. The van der Waals surface area contributed by atoms with Gasteiger partial charge in [-0.2, -0.15) is 0 Å². The second kappa shape index (κ2) is 15.5. The normalized spacial score (nSPS) is 14.1. The molecule has 0 bridgehead atoms. The summed E-state index contributed by atoms with van der Waals surface area (Å²) in [5.74, 6) is 0.617. The molecule has 0 N–H and O–H groups in total. The molecule has 43 heavy (non-hydrogen) atoms. The highest BCUT2D eigenvalue weighted by Crippen LogP contribution is 2.24. The minimum Gasteiger partial charge on any atom is -0.494 e. The van der Waals surface area contributed by atoms with Gasteiger partial charge in [0.25, 0.3) is 5.91 Å². The van der Waals surface area contributed by atoms with E-state index in [0.29, 0.717) is 31.8 Å². The van der Waals surface area contributed by atoms with Crippen LogP contribution in [0.5, 0.6) is 5.75 Å². The summed E-state index contributed by atoms with van der Waals surface area (Å²) in [6.45, 7) is 1.55. The Bertz CT molecular complexity index is 1490. The molecule has 4 aromatic carbocycles. The zero-order valence-electron chi connectivity index (χ0n) is 24.7. The number of carbonyl (C=O) groups is 2. The molecule has 5 rings (SSSR count). The molecule has 1 aliphatic heterocycles. The Kier molecular flexibility index (Phi) is 10.8. The lowest BCUT2D eigenvalue weighted by Crippen LogP contribution is -2.34. The van der Waals surface area contributed by atoms with Gasteiger partial charge in [-0.1, -0.05) is 109 Å². The summed E-state index contributed by atoms with van der Waals surface area (Å²) in [6.07, 6.45) is 7.56. The van der Waals surface area contributed by atoms with Crippen LogP contribution < -0.4 is 4.74 Å². The van der Waals surface area contributed by atoms with Gasteiger partial charge in [-0.05, 0) is 79.3 Å². The molecule has 0 atom stereocenters. The largest absolute Gasteiger partial charge is 0.494 e. The Morgan fingerprint density at radius 2 is 1.07 bits per heavy atom. The summed E-state index contributed by atoms with van der Waals surface area (Å²) < 4.78 is 6.03. The van der Waals surface area contributed by atoms with Crippen LogP contribution in [0.25, 0.3) is 0 Å². The Hall–Kier alpha value is -4.64. The van der Waals surface area contributed by atoms with Gasteiger partial charge in [0.15, 0.2) is 0 Å². The van der Waals surface area contributed by atoms with E-state index in [0.717, 1.165) is 49.8 Å². The van der Waals surface area contributed by atoms with Crippen LogP contribution in [-0.2, 0) is 30.5 Å². The van der Waals surface area contributed by atoms with Gasteiger partial charge in [0.2, 0.25) is 0 Å². The maximum Gasteiger partial charge on any atom is 0.331 e. The van der Waals surface area contributed by atoms with Gasteiger partial charge in [0.05, 0.1) is 6.61 Å². The molecule has 0 unspecified atom stereocenters. The van der Waals surface area contributed by atoms with E-state index < -0.39 is 0 Å². The van der Waals surface area contributed by atoms with Crippen LogP contribution in [-0.4, -0.2) is 41.4 Å². The Morgan fingerprint density at radius 3 is 1.65 bits per heavy atom. The van der Waals surface area contributed by atoms with Crippen LogP contribution >= 0.6 is 0 Å². The van der Waals surface area contributed by atoms with Crippen molar-refractivity contribution in [3.05, 3.63) is 149 Å². The van der Waals surface area contributed by atoms with Crippen LogP contribution in [0.15, 0.2) is 127 Å². The summed E-state index contributed by atoms with van der Waals surface area (Å²) in [7, 11) is 0. The van der Waals surface area contributed by atoms with Crippen molar-refractivity contribution < 1.29 is 14.3 Å². The molecule has 0 aliphatic carbocycles. The molecule has 5 nitrogen and oxygen atoms in total. The van der Waals surface area contributed by atoms with Crippen molar-refractivity contribution in [2.24, 2.45) is 0 Å². The van der Waals surface area contributed by atoms with E-state index in [9.17, 15) is 9.59 Å². The van der Waals surface area contributed by atoms with Gasteiger partial charge in [-0.3, -0.25) is 14.6 Å². The van der Waals surface area contributed by atoms with Crippen LogP contribution in [0, 0.1) is 0 Å². The standard InChI is InChI=1S/C38H40N2O3/c41-37-36(26-25-34-20-10-24-35(30-34)43-29-13-23-33-18-8-3-9-19-33)39(27-11-21-31-14-4-1-5-15-31)38(42)40(37)28-12-22-32-16-6-2-7-17-32/h1-10,14-20,24,26,30H,11-13,21-23,25,27-29H2. The Morgan fingerprint density at radius 1 is 0.558 bits per heavy atom. The van der Waals surface area contributed by atoms with E-state index in [4.69, 9.17) is 4.74 Å². The number of hydrogen-bond acceptors (Lipinski definition) is 3. The fourth-order valence-electron chi connectivity index (χ4n) is 5.46. The maximum absolute atomic E-state index is 13.6. The van der Waals surface area contributed by atoms with Crippen molar-refractivity contribution in [3.8, 4) is 5.75 Å². The first-order chi connectivity index (χ1) is 21.2. The third-order valence-electron chi connectivity index (χ3n) is 7.75. The van der Waals surface area contributed by atoms with Gasteiger partial charge in [0, 0.05) is 13.1 Å². The Labute approximate surface area is 255 Å². The molecular weight excluding hydrogens is 532 g/mol. The van der Waals surface area contributed by atoms with Crippen LogP contribution in [0.2, 0.25) is 0 Å². The van der Waals surface area contributed by atoms with Crippen LogP contribution in [0.4, 0.5) is 4.79 Å². The van der Waals surface area contributed by atoms with E-state index in [-0.39, 0.29) is 11.9 Å². The zero-order chi connectivity index (χ0) is 29.7. The minimum absolute atomic E-state index is 0.203. The number of allylic oxidation sites excluding steroid dienone is 1. The van der Waals surface area contributed by atoms with Gasteiger partial charge >= 0.3 is 6.03 Å². The van der Waals surface area contributed by atoms with Crippen LogP contribution in [0.3, 0.4) is 0 Å². The lowest BCUT2D eigenvalue weighted by molar-refractivity contribution is -0.123. The number of urea groups is 1. The summed E-state index contributed by atoms with van der Waals surface area (Å²) in [5, 5.41) is 0. The zero-order valence-corrected chi connectivity index (χ0v) is 24.7. The summed E-state index contributed by atoms with van der Waals surface area (Å²) in [5.41, 5.74) is 5.27. The predicted molar refractivity (Wildman–Crippen MR) is 172 cm³/mol. The van der Waals surface area contributed by atoms with Gasteiger partial charge in [-0.25, -0.2) is 4.79 Å². The minimum atomic E-state index is -0.215. The topological polar surface area (TPSA) is 49.9 Å². The first-order valence-electron chi connectivity index (χ1n) is 15.3. The molecule has 4 aromatic rings. The quantitative estimate of drug-likeness (QED) is 0.0835. The average Bonchev–Trinajstić information content (AvgIpc) is 3.27. The van der Waals surface area contributed by atoms with Gasteiger partial charge in [0.1, 0.15) is 11.4 Å². The van der Waals surface area contributed by atoms with Crippen molar-refractivity contribution >= 4 is 11.9 Å². The van der Waals surface area contributed by atoms with E-state index in [2.05, 4.69) is 48.5 Å². The third kappa shape index (κ3) is 8.68. The predicted octanol–water partition coefficient (Wildman–Crippen LogP) is 7.65. The number of ether oxygens (including phenoxy) is 1. The molecule has 0 saturated carbocycles. The summed E-state index contributed by atoms with van der Waals surface area (Å²) in [4.78, 5) is 30.1. The fourth-order valence-corrected chi connectivity index (χ4v) is 5.46. The number of rotatable bonds is 15. The number of benzene rings is 4. The molecule has 1 saturated heterocycles. The second-order valence-corrected chi connectivity index (χ2v) is 10.9. The summed E-state index contributed by atoms with van der Waals surface area (Å²) in [6, 6.07) is 38.7. The molecule has 0 spiro atoms. The molecule has 220 valence electrons. The molecule has 0 radical (unpaired) electrons. The first kappa shape index (κ1) is 29.8. The first-order valence-corrected chi connectivity index (χ1v) is 15.3. The highest BCUT2D eigenvalue weighted by molar-refractivity contribution is 6.11. The van der Waals surface area contributed by atoms with Gasteiger partial charge in [-0.15, -0.1) is 0 Å². The molecule has 1 fully saturated rings. The number of amides is 3. The lowest BCUT2D eigenvalue weighted by Gasteiger charge is -2.17. The SMILES string of the molecule is O=C1C(=CCc2cccc(OCCCc3ccccc3)c2)N(CCCc2ccccc2)C(=O)N1CCCc1ccccc1. The smallest absolute Gasteiger partial charge is 0.331 e. The molecule has 1 heterocycles. The lowest BCUT2D eigenvalue weighted by atomic mass is 10.1. The number of carbonyl (C=O) groups excluding carboxylic acids is 2. The third-order valence-corrected chi connectivity index (χ3v) is 7.75. The van der Waals surface area contributed by atoms with Crippen molar-refractivity contribution in [1.82, 2.24) is 9.80 Å². The number of hydrogen-bond donors (Lipinski definition) is 0. The van der Waals surface area contributed by atoms with E-state index >= 15 is 0 Å². The van der Waals surface area contributed by atoms with Crippen molar-refractivity contribution in [1.29, 1.82) is 0 Å². The van der Waals surface area contributed by atoms with Crippen molar-refractivity contribution in [3.63, 3.8) is 0 Å². The Balaban J connectivity index is 1.21. The van der Waals surface area contributed by atoms with Crippen molar-refractivity contribution in [2.45, 2.75) is 44.9 Å². The van der Waals surface area contributed by atoms with Crippen LogP contribution in [0.1, 0.15) is 41.5 Å². The van der Waals surface area contributed by atoms with Crippen molar-refractivity contribution in [2.75, 3.05) is 19.7 Å². The highest BCUT2D eigenvalue weighted by Gasteiger charge is 2.39. The second-order valence-electron chi connectivity index (χ2n) is 10.9. The molecule has 1 aliphatic rings.